The van der Waals surface area contributed by atoms with Gasteiger partial charge in [0, 0.05) is 60.0 Å². The van der Waals surface area contributed by atoms with Crippen LogP contribution in [0.5, 0.6) is 0 Å². The molecule has 0 amide bonds. The third-order valence-electron chi connectivity index (χ3n) is 4.58. The van der Waals surface area contributed by atoms with Crippen molar-refractivity contribution < 1.29 is 14.7 Å². The zero-order chi connectivity index (χ0) is 18.8. The number of nitrogens with two attached hydrogens (primary N) is 1. The molecule has 0 fully saturated rings. The van der Waals surface area contributed by atoms with Crippen molar-refractivity contribution in [2.75, 3.05) is 11.5 Å². The molecule has 5 nitrogen and oxygen atoms in total. The number of rotatable bonds is 7. The zero-order valence-electron chi connectivity index (χ0n) is 15.0. The maximum absolute atomic E-state index is 12.9. The lowest BCUT2D eigenvalue weighted by molar-refractivity contribution is -0.649. The Bertz CT molecular complexity index is 700. The van der Waals surface area contributed by atoms with Gasteiger partial charge in [0.2, 0.25) is 11.1 Å². The molecule has 0 saturated carbocycles. The van der Waals surface area contributed by atoms with Gasteiger partial charge in [-0.2, -0.15) is 0 Å². The molecule has 1 atom stereocenters. The van der Waals surface area contributed by atoms with E-state index in [2.05, 4.69) is 0 Å². The lowest BCUT2D eigenvalue weighted by Gasteiger charge is -2.17. The number of carboxylic acids is 1. The van der Waals surface area contributed by atoms with Crippen molar-refractivity contribution in [3.05, 3.63) is 46.4 Å². The van der Waals surface area contributed by atoms with Gasteiger partial charge in [0.25, 0.3) is 0 Å². The molecule has 0 aromatic heterocycles. The summed E-state index contributed by atoms with van der Waals surface area (Å²) in [5, 5.41) is 8.87. The molecule has 0 unspecified atom stereocenters. The van der Waals surface area contributed by atoms with Crippen molar-refractivity contribution in [3.63, 3.8) is 0 Å². The van der Waals surface area contributed by atoms with Crippen LogP contribution in [0, 0.1) is 4.91 Å². The van der Waals surface area contributed by atoms with Crippen molar-refractivity contribution in [1.29, 1.82) is 0 Å². The smallest absolute Gasteiger partial charge is 0.321 e. The van der Waals surface area contributed by atoms with Gasteiger partial charge in [-0.15, -0.1) is 0 Å². The second kappa shape index (κ2) is 7.51. The molecule has 1 aliphatic heterocycles. The second-order valence-electron chi connectivity index (χ2n) is 7.12. The molecule has 1 aliphatic rings. The first kappa shape index (κ1) is 20.0. The van der Waals surface area contributed by atoms with E-state index < -0.39 is 23.1 Å². The number of carbonyl (C=O) groups is 1. The number of hydrogen-bond donors (Lipinski definition) is 2. The minimum Gasteiger partial charge on any atom is -0.480 e. The molecule has 0 spiro atoms. The molecule has 1 aromatic rings. The van der Waals surface area contributed by atoms with E-state index in [-0.39, 0.29) is 0 Å². The fraction of sp³-hybridized carbons (Fsp3) is 0.500. The highest BCUT2D eigenvalue weighted by Crippen LogP contribution is 2.48. The molecule has 136 valence electrons. The van der Waals surface area contributed by atoms with E-state index in [9.17, 15) is 9.70 Å². The summed E-state index contributed by atoms with van der Waals surface area (Å²) >= 11 is 0. The predicted molar refractivity (Wildman–Crippen MR) is 106 cm³/mol. The summed E-state index contributed by atoms with van der Waals surface area (Å²) in [4.78, 5) is 23.7. The van der Waals surface area contributed by atoms with Crippen LogP contribution in [0.15, 0.2) is 35.9 Å². The summed E-state index contributed by atoms with van der Waals surface area (Å²) < 4.78 is 1.17. The van der Waals surface area contributed by atoms with Crippen LogP contribution < -0.4 is 5.73 Å². The second-order valence-corrected chi connectivity index (χ2v) is 9.63. The van der Waals surface area contributed by atoms with Crippen molar-refractivity contribution in [2.24, 2.45) is 5.73 Å². The minimum absolute atomic E-state index is 0.332. The van der Waals surface area contributed by atoms with Crippen LogP contribution in [-0.2, 0) is 4.79 Å². The number of aliphatic carboxylic acids is 1. The summed E-state index contributed by atoms with van der Waals surface area (Å²) in [6.45, 7) is 7.80. The largest absolute Gasteiger partial charge is 0.480 e. The fourth-order valence-electron chi connectivity index (χ4n) is 3.27. The van der Waals surface area contributed by atoms with Gasteiger partial charge in [-0.1, -0.05) is 51.9 Å². The molecule has 0 bridgehead atoms. The first-order chi connectivity index (χ1) is 11.6. The van der Waals surface area contributed by atoms with Crippen molar-refractivity contribution in [2.45, 2.75) is 44.8 Å². The Balaban J connectivity index is 2.28. The maximum atomic E-state index is 12.9. The SMILES string of the molecule is CC1(C)C(CSSC[C@H](N)C(=O)O)=C(c2ccccc2)C(C)(C)[N+]1=O. The molecule has 7 heteroatoms. The van der Waals surface area contributed by atoms with Crippen molar-refractivity contribution >= 4 is 33.1 Å². The highest BCUT2D eigenvalue weighted by Gasteiger charge is 2.59. The lowest BCUT2D eigenvalue weighted by Crippen LogP contribution is -2.41. The van der Waals surface area contributed by atoms with Gasteiger partial charge in [0.05, 0.1) is 0 Å². The first-order valence-electron chi connectivity index (χ1n) is 8.10. The molecule has 0 saturated heterocycles. The van der Waals surface area contributed by atoms with Crippen LogP contribution in [0.1, 0.15) is 33.3 Å². The topological polar surface area (TPSA) is 83.4 Å². The Labute approximate surface area is 156 Å². The number of benzene rings is 1. The van der Waals surface area contributed by atoms with E-state index >= 15 is 0 Å². The van der Waals surface area contributed by atoms with Crippen molar-refractivity contribution in [1.82, 2.24) is 0 Å². The summed E-state index contributed by atoms with van der Waals surface area (Å²) in [6, 6.07) is 9.11. The van der Waals surface area contributed by atoms with E-state index in [1.165, 1.54) is 15.6 Å². The molecule has 0 aliphatic carbocycles. The molecule has 1 aromatic carbocycles. The Morgan fingerprint density at radius 3 is 2.32 bits per heavy atom. The van der Waals surface area contributed by atoms with Crippen LogP contribution in [0.4, 0.5) is 0 Å². The number of nitrogens with zero attached hydrogens (tertiary/aromatic N) is 1. The van der Waals surface area contributed by atoms with Gasteiger partial charge in [0.15, 0.2) is 0 Å². The first-order valence-corrected chi connectivity index (χ1v) is 10.6. The van der Waals surface area contributed by atoms with Gasteiger partial charge >= 0.3 is 5.97 Å². The highest BCUT2D eigenvalue weighted by molar-refractivity contribution is 8.76. The van der Waals surface area contributed by atoms with E-state index in [1.807, 2.05) is 58.0 Å². The number of hydrogen-bond acceptors (Lipinski definition) is 5. The standard InChI is InChI=1S/C18H24N2O3S2/c1-17(2)13(10-24-25-11-14(19)16(21)22)15(18(3,4)20(17)23)12-8-6-5-7-9-12/h5-9,14H,10-11,19H2,1-4H3/p+1/t14-/m0/s1. The van der Waals surface area contributed by atoms with Gasteiger partial charge in [-0.05, 0) is 5.56 Å². The number of nitroso groups, excluding NO2 is 1. The van der Waals surface area contributed by atoms with Gasteiger partial charge < -0.3 is 10.8 Å². The van der Waals surface area contributed by atoms with E-state index in [1.54, 1.807) is 10.8 Å². The molecule has 1 heterocycles. The van der Waals surface area contributed by atoms with Gasteiger partial charge in [-0.25, -0.2) is 0 Å². The summed E-state index contributed by atoms with van der Waals surface area (Å²) in [5.41, 5.74) is 7.51. The summed E-state index contributed by atoms with van der Waals surface area (Å²) in [7, 11) is 2.98. The van der Waals surface area contributed by atoms with Crippen LogP contribution in [0.3, 0.4) is 0 Å². The average Bonchev–Trinajstić information content (AvgIpc) is 2.69. The van der Waals surface area contributed by atoms with E-state index in [0.29, 0.717) is 11.5 Å². The Morgan fingerprint density at radius 1 is 1.16 bits per heavy atom. The van der Waals surface area contributed by atoms with E-state index in [4.69, 9.17) is 10.8 Å². The van der Waals surface area contributed by atoms with Gasteiger partial charge in [-0.3, -0.25) is 4.79 Å². The maximum Gasteiger partial charge on any atom is 0.321 e. The molecule has 25 heavy (non-hydrogen) atoms. The fourth-order valence-corrected chi connectivity index (χ4v) is 5.69. The van der Waals surface area contributed by atoms with Crippen LogP contribution in [0.2, 0.25) is 0 Å². The third-order valence-corrected chi connectivity index (χ3v) is 6.91. The lowest BCUT2D eigenvalue weighted by atomic mass is 9.86. The predicted octanol–water partition coefficient (Wildman–Crippen LogP) is 3.58. The molecular weight excluding hydrogens is 356 g/mol. The minimum atomic E-state index is -0.995. The Kier molecular flexibility index (Phi) is 6.01. The third kappa shape index (κ3) is 3.93. The normalized spacial score (nSPS) is 20.0. The molecule has 2 rings (SSSR count). The van der Waals surface area contributed by atoms with Gasteiger partial charge in [0.1, 0.15) is 6.04 Å². The van der Waals surface area contributed by atoms with Crippen LogP contribution >= 0.6 is 21.6 Å². The molecular formula is C18H25N2O3S2+. The zero-order valence-corrected chi connectivity index (χ0v) is 16.6. The van der Waals surface area contributed by atoms with E-state index in [0.717, 1.165) is 16.7 Å². The molecule has 3 N–H and O–H groups in total. The van der Waals surface area contributed by atoms with Crippen LogP contribution in [-0.4, -0.2) is 44.5 Å². The average molecular weight is 382 g/mol. The summed E-state index contributed by atoms with van der Waals surface area (Å²) in [6.07, 6.45) is 0. The number of carboxylic acid groups (broad SMARTS) is 1. The van der Waals surface area contributed by atoms with Crippen molar-refractivity contribution in [3.8, 4) is 0 Å². The Hall–Kier alpha value is -1.31. The van der Waals surface area contributed by atoms with Crippen LogP contribution in [0.25, 0.3) is 5.57 Å². The molecule has 0 radical (unpaired) electrons. The quantitative estimate of drug-likeness (QED) is 0.427. The monoisotopic (exact) mass is 381 g/mol. The highest BCUT2D eigenvalue weighted by atomic mass is 33.1. The Morgan fingerprint density at radius 2 is 1.76 bits per heavy atom. The summed E-state index contributed by atoms with van der Waals surface area (Å²) in [5.74, 6) is -0.0136.